The van der Waals surface area contributed by atoms with Crippen LogP contribution in [-0.2, 0) is 11.2 Å². The molecule has 1 aromatic rings. The number of nitrogens with zero attached hydrogens (tertiary/aromatic N) is 2. The normalized spacial score (nSPS) is 18.9. The largest absolute Gasteiger partial charge is 0.379 e. The molecule has 112 valence electrons. The Labute approximate surface area is 122 Å². The highest BCUT2D eigenvalue weighted by atomic mass is 16.5. The van der Waals surface area contributed by atoms with Crippen LogP contribution in [0.15, 0.2) is 24.5 Å². The van der Waals surface area contributed by atoms with Gasteiger partial charge in [0.05, 0.1) is 13.2 Å². The fourth-order valence-corrected chi connectivity index (χ4v) is 2.93. The van der Waals surface area contributed by atoms with Gasteiger partial charge >= 0.3 is 0 Å². The zero-order valence-corrected chi connectivity index (χ0v) is 12.9. The Morgan fingerprint density at radius 3 is 2.75 bits per heavy atom. The monoisotopic (exact) mass is 277 g/mol. The van der Waals surface area contributed by atoms with E-state index in [1.165, 1.54) is 5.56 Å². The average molecular weight is 277 g/mol. The van der Waals surface area contributed by atoms with E-state index in [1.54, 1.807) is 0 Å². The Kier molecular flexibility index (Phi) is 5.52. The van der Waals surface area contributed by atoms with E-state index >= 15 is 0 Å². The zero-order valence-electron chi connectivity index (χ0n) is 12.9. The number of nitrogens with one attached hydrogen (secondary N) is 1. The molecule has 2 rings (SSSR count). The highest BCUT2D eigenvalue weighted by Gasteiger charge is 2.35. The summed E-state index contributed by atoms with van der Waals surface area (Å²) in [6, 6.07) is 4.59. The summed E-state index contributed by atoms with van der Waals surface area (Å²) in [5, 5.41) is 3.66. The Bertz CT molecular complexity index is 388. The first-order chi connectivity index (χ1) is 9.64. The molecule has 1 aromatic heterocycles. The van der Waals surface area contributed by atoms with Crippen LogP contribution in [0.5, 0.6) is 0 Å². The lowest BCUT2D eigenvalue weighted by molar-refractivity contribution is -0.0230. The van der Waals surface area contributed by atoms with Crippen molar-refractivity contribution in [3.8, 4) is 0 Å². The molecule has 2 heterocycles. The molecule has 4 heteroatoms. The van der Waals surface area contributed by atoms with Crippen molar-refractivity contribution in [2.24, 2.45) is 0 Å². The molecule has 1 fully saturated rings. The van der Waals surface area contributed by atoms with Gasteiger partial charge in [-0.2, -0.15) is 0 Å². The van der Waals surface area contributed by atoms with E-state index in [9.17, 15) is 0 Å². The van der Waals surface area contributed by atoms with Crippen LogP contribution in [0.1, 0.15) is 26.3 Å². The van der Waals surface area contributed by atoms with E-state index < -0.39 is 0 Å². The van der Waals surface area contributed by atoms with Crippen LogP contribution in [0, 0.1) is 0 Å². The van der Waals surface area contributed by atoms with Crippen molar-refractivity contribution in [2.45, 2.75) is 38.8 Å². The summed E-state index contributed by atoms with van der Waals surface area (Å²) >= 11 is 0. The molecule has 1 aliphatic heterocycles. The molecule has 0 radical (unpaired) electrons. The minimum atomic E-state index is 0.107. The van der Waals surface area contributed by atoms with Gasteiger partial charge in [0.2, 0.25) is 0 Å². The third kappa shape index (κ3) is 3.78. The predicted molar refractivity (Wildman–Crippen MR) is 81.9 cm³/mol. The number of hydrogen-bond donors (Lipinski definition) is 1. The molecule has 1 saturated heterocycles. The van der Waals surface area contributed by atoms with Gasteiger partial charge in [-0.1, -0.05) is 13.0 Å². The summed E-state index contributed by atoms with van der Waals surface area (Å²) in [6.07, 6.45) is 4.81. The van der Waals surface area contributed by atoms with E-state index in [-0.39, 0.29) is 5.54 Å². The van der Waals surface area contributed by atoms with Crippen molar-refractivity contribution >= 4 is 0 Å². The highest BCUT2D eigenvalue weighted by Crippen LogP contribution is 2.23. The van der Waals surface area contributed by atoms with Gasteiger partial charge < -0.3 is 10.1 Å². The first kappa shape index (κ1) is 15.4. The number of hydrogen-bond acceptors (Lipinski definition) is 4. The van der Waals surface area contributed by atoms with Crippen LogP contribution in [0.25, 0.3) is 0 Å². The van der Waals surface area contributed by atoms with Crippen molar-refractivity contribution in [3.05, 3.63) is 30.1 Å². The molecule has 1 N–H and O–H groups in total. The summed E-state index contributed by atoms with van der Waals surface area (Å²) in [6.45, 7) is 11.5. The standard InChI is InChI=1S/C16H27N3O/c1-4-18-15(12-14-6-5-7-17-13-14)16(2,3)19-8-10-20-11-9-19/h5-7,13,15,18H,4,8-12H2,1-3H3. The van der Waals surface area contributed by atoms with Gasteiger partial charge in [-0.15, -0.1) is 0 Å². The quantitative estimate of drug-likeness (QED) is 0.859. The van der Waals surface area contributed by atoms with Gasteiger partial charge in [0.25, 0.3) is 0 Å². The van der Waals surface area contributed by atoms with E-state index in [2.05, 4.69) is 42.0 Å². The third-order valence-electron chi connectivity index (χ3n) is 4.29. The van der Waals surface area contributed by atoms with Gasteiger partial charge in [0.15, 0.2) is 0 Å². The van der Waals surface area contributed by atoms with E-state index in [1.807, 2.05) is 18.5 Å². The van der Waals surface area contributed by atoms with E-state index in [0.717, 1.165) is 39.3 Å². The van der Waals surface area contributed by atoms with Crippen molar-refractivity contribution in [2.75, 3.05) is 32.8 Å². The van der Waals surface area contributed by atoms with Gasteiger partial charge in [-0.05, 0) is 38.4 Å². The smallest absolute Gasteiger partial charge is 0.0594 e. The fraction of sp³-hybridized carbons (Fsp3) is 0.688. The van der Waals surface area contributed by atoms with Crippen molar-refractivity contribution in [1.82, 2.24) is 15.2 Å². The molecule has 1 atom stereocenters. The maximum absolute atomic E-state index is 5.48. The average Bonchev–Trinajstić information content (AvgIpc) is 2.49. The summed E-state index contributed by atoms with van der Waals surface area (Å²) in [5.41, 5.74) is 1.40. The predicted octanol–water partition coefficient (Wildman–Crippen LogP) is 1.71. The third-order valence-corrected chi connectivity index (χ3v) is 4.29. The fourth-order valence-electron chi connectivity index (χ4n) is 2.93. The maximum atomic E-state index is 5.48. The van der Waals surface area contributed by atoms with Crippen LogP contribution in [-0.4, -0.2) is 54.3 Å². The number of rotatable bonds is 6. The Morgan fingerprint density at radius 2 is 2.15 bits per heavy atom. The number of morpholine rings is 1. The van der Waals surface area contributed by atoms with Crippen LogP contribution in [0.4, 0.5) is 0 Å². The molecule has 0 spiro atoms. The second-order valence-electron chi connectivity index (χ2n) is 5.93. The SMILES string of the molecule is CCNC(Cc1cccnc1)C(C)(C)N1CCOCC1. The first-order valence-corrected chi connectivity index (χ1v) is 7.59. The maximum Gasteiger partial charge on any atom is 0.0594 e. The second-order valence-corrected chi connectivity index (χ2v) is 5.93. The minimum absolute atomic E-state index is 0.107. The molecule has 1 unspecified atom stereocenters. The molecular formula is C16H27N3O. The summed E-state index contributed by atoms with van der Waals surface area (Å²) in [5.74, 6) is 0. The Balaban J connectivity index is 2.09. The first-order valence-electron chi connectivity index (χ1n) is 7.59. The molecule has 1 aliphatic rings. The number of aromatic nitrogens is 1. The van der Waals surface area contributed by atoms with Gasteiger partial charge in [-0.25, -0.2) is 0 Å². The molecule has 20 heavy (non-hydrogen) atoms. The molecule has 4 nitrogen and oxygen atoms in total. The summed E-state index contributed by atoms with van der Waals surface area (Å²) < 4.78 is 5.48. The lowest BCUT2D eigenvalue weighted by Gasteiger charge is -2.46. The molecular weight excluding hydrogens is 250 g/mol. The van der Waals surface area contributed by atoms with E-state index in [0.29, 0.717) is 6.04 Å². The van der Waals surface area contributed by atoms with Crippen LogP contribution >= 0.6 is 0 Å². The van der Waals surface area contributed by atoms with Crippen LogP contribution < -0.4 is 5.32 Å². The van der Waals surface area contributed by atoms with Crippen LogP contribution in [0.2, 0.25) is 0 Å². The van der Waals surface area contributed by atoms with Crippen molar-refractivity contribution in [3.63, 3.8) is 0 Å². The molecule has 0 amide bonds. The molecule has 0 aliphatic carbocycles. The van der Waals surface area contributed by atoms with Gasteiger partial charge in [0, 0.05) is 37.1 Å². The number of pyridine rings is 1. The molecule has 0 bridgehead atoms. The lowest BCUT2D eigenvalue weighted by Crippen LogP contribution is -2.61. The number of likely N-dealkylation sites (N-methyl/N-ethyl adjacent to an activating group) is 1. The van der Waals surface area contributed by atoms with Crippen molar-refractivity contribution in [1.29, 1.82) is 0 Å². The Hall–Kier alpha value is -0.970. The summed E-state index contributed by atoms with van der Waals surface area (Å²) in [7, 11) is 0. The lowest BCUT2D eigenvalue weighted by atomic mass is 9.87. The summed E-state index contributed by atoms with van der Waals surface area (Å²) in [4.78, 5) is 6.77. The van der Waals surface area contributed by atoms with Crippen LogP contribution in [0.3, 0.4) is 0 Å². The van der Waals surface area contributed by atoms with Crippen molar-refractivity contribution < 1.29 is 4.74 Å². The minimum Gasteiger partial charge on any atom is -0.379 e. The van der Waals surface area contributed by atoms with E-state index in [4.69, 9.17) is 4.74 Å². The molecule has 0 saturated carbocycles. The highest BCUT2D eigenvalue weighted by molar-refractivity contribution is 5.12. The second kappa shape index (κ2) is 7.16. The Morgan fingerprint density at radius 1 is 1.40 bits per heavy atom. The van der Waals surface area contributed by atoms with Gasteiger partial charge in [-0.3, -0.25) is 9.88 Å². The number of ether oxygens (including phenoxy) is 1. The molecule has 0 aromatic carbocycles. The zero-order chi connectivity index (χ0) is 14.4. The van der Waals surface area contributed by atoms with Gasteiger partial charge in [0.1, 0.15) is 0 Å². The topological polar surface area (TPSA) is 37.4 Å².